The number of hydrogen-bond acceptors (Lipinski definition) is 4. The zero-order valence-corrected chi connectivity index (χ0v) is 8.10. The van der Waals surface area contributed by atoms with Crippen molar-refractivity contribution in [3.8, 4) is 11.4 Å². The minimum Gasteiger partial charge on any atom is -0.542 e. The van der Waals surface area contributed by atoms with Gasteiger partial charge in [-0.15, -0.1) is 0 Å². The number of rotatable bonds is 2. The molecule has 5 nitrogen and oxygen atoms in total. The quantitative estimate of drug-likeness (QED) is 0.513. The van der Waals surface area contributed by atoms with Gasteiger partial charge in [0, 0.05) is 5.56 Å². The Morgan fingerprint density at radius 2 is 1.93 bits per heavy atom. The van der Waals surface area contributed by atoms with E-state index in [-0.39, 0.29) is 24.7 Å². The Morgan fingerprint density at radius 3 is 2.47 bits per heavy atom. The van der Waals surface area contributed by atoms with E-state index in [0.717, 1.165) is 5.56 Å². The summed E-state index contributed by atoms with van der Waals surface area (Å²) in [4.78, 5) is 14.2. The molecule has 0 fully saturated rings. The molecule has 2 aromatic rings. The van der Waals surface area contributed by atoms with Gasteiger partial charge in [-0.2, -0.15) is 5.10 Å². The number of benzene rings is 1. The fourth-order valence-electron chi connectivity index (χ4n) is 1.07. The van der Waals surface area contributed by atoms with Crippen LogP contribution in [0.3, 0.4) is 0 Å². The van der Waals surface area contributed by atoms with E-state index < -0.39 is 5.97 Å². The van der Waals surface area contributed by atoms with Crippen LogP contribution in [-0.2, 0) is 0 Å². The number of carboxylic acid groups (broad SMARTS) is 1. The molecule has 15 heavy (non-hydrogen) atoms. The van der Waals surface area contributed by atoms with Gasteiger partial charge in [0.05, 0.1) is 0 Å². The Balaban J connectivity index is 0.00000112. The number of carbonyl (C=O) groups excluding carboxylic acids is 1. The van der Waals surface area contributed by atoms with Gasteiger partial charge in [0.1, 0.15) is 5.97 Å². The number of nitrogens with one attached hydrogen (secondary N) is 1. The average Bonchev–Trinajstić information content (AvgIpc) is 2.68. The normalized spacial score (nSPS) is 9.33. The number of H-pyrrole nitrogens is 1. The van der Waals surface area contributed by atoms with Crippen molar-refractivity contribution >= 4 is 5.97 Å². The van der Waals surface area contributed by atoms with Crippen molar-refractivity contribution in [3.05, 3.63) is 36.2 Å². The summed E-state index contributed by atoms with van der Waals surface area (Å²) in [6.07, 6.45) is 0. The first-order valence-electron chi connectivity index (χ1n) is 3.96. The minimum atomic E-state index is -1.36. The first kappa shape index (κ1) is 11.5. The number of carboxylic acids is 1. The molecule has 70 valence electrons. The molecule has 0 spiro atoms. The summed E-state index contributed by atoms with van der Waals surface area (Å²) in [5.41, 5.74) is 0.760. The van der Waals surface area contributed by atoms with Crippen LogP contribution in [0.15, 0.2) is 30.3 Å². The van der Waals surface area contributed by atoms with Gasteiger partial charge in [-0.05, 0) is 0 Å². The predicted octanol–water partition coefficient (Wildman–Crippen LogP) is -3.16. The summed E-state index contributed by atoms with van der Waals surface area (Å²) in [6.45, 7) is 0. The molecule has 0 radical (unpaired) electrons. The summed E-state index contributed by atoms with van der Waals surface area (Å²) < 4.78 is 0. The fourth-order valence-corrected chi connectivity index (χ4v) is 1.07. The third-order valence-corrected chi connectivity index (χ3v) is 1.71. The zero-order chi connectivity index (χ0) is 9.97. The summed E-state index contributed by atoms with van der Waals surface area (Å²) >= 11 is 0. The largest absolute Gasteiger partial charge is 1.00 e. The summed E-state index contributed by atoms with van der Waals surface area (Å²) in [7, 11) is 0. The van der Waals surface area contributed by atoms with Gasteiger partial charge in [-0.3, -0.25) is 5.10 Å². The van der Waals surface area contributed by atoms with E-state index in [4.69, 9.17) is 0 Å². The summed E-state index contributed by atoms with van der Waals surface area (Å²) in [5.74, 6) is -1.27. The molecule has 0 aliphatic heterocycles. The number of hydrogen-bond donors (Lipinski definition) is 1. The smallest absolute Gasteiger partial charge is 0.542 e. The fraction of sp³-hybridized carbons (Fsp3) is 0. The van der Waals surface area contributed by atoms with E-state index in [1.807, 2.05) is 18.2 Å². The van der Waals surface area contributed by atoms with E-state index in [0.29, 0.717) is 5.82 Å². The maximum Gasteiger partial charge on any atom is 1.00 e. The van der Waals surface area contributed by atoms with Crippen LogP contribution in [0.5, 0.6) is 0 Å². The van der Waals surface area contributed by atoms with Crippen LogP contribution in [0, 0.1) is 0 Å². The van der Waals surface area contributed by atoms with E-state index in [2.05, 4.69) is 15.2 Å². The van der Waals surface area contributed by atoms with E-state index in [1.165, 1.54) is 0 Å². The molecule has 0 saturated heterocycles. The van der Waals surface area contributed by atoms with Crippen molar-refractivity contribution < 1.29 is 28.8 Å². The van der Waals surface area contributed by atoms with Crippen LogP contribution in [0.25, 0.3) is 11.4 Å². The Bertz CT molecular complexity index is 455. The Morgan fingerprint density at radius 1 is 1.27 bits per heavy atom. The molecule has 1 N–H and O–H groups in total. The van der Waals surface area contributed by atoms with Crippen molar-refractivity contribution in [2.75, 3.05) is 0 Å². The van der Waals surface area contributed by atoms with Gasteiger partial charge in [0.15, 0.2) is 11.6 Å². The molecule has 1 aromatic heterocycles. The standard InChI is InChI=1S/C9H7N3O2.Li/c13-9(14)8-10-7(11-12-8)6-4-2-1-3-5-6;/h1-5H,(H,13,14)(H,10,11,12);/q;+1/p-1. The maximum atomic E-state index is 10.4. The molecule has 2 rings (SSSR count). The monoisotopic (exact) mass is 195 g/mol. The van der Waals surface area contributed by atoms with E-state index >= 15 is 0 Å². The first-order chi connectivity index (χ1) is 6.77. The van der Waals surface area contributed by atoms with Crippen LogP contribution >= 0.6 is 0 Å². The van der Waals surface area contributed by atoms with Crippen LogP contribution in [0.4, 0.5) is 0 Å². The summed E-state index contributed by atoms with van der Waals surface area (Å²) in [6, 6.07) is 9.09. The third-order valence-electron chi connectivity index (χ3n) is 1.71. The predicted molar refractivity (Wildman–Crippen MR) is 46.1 cm³/mol. The molecular formula is C9H6LiN3O2. The molecule has 6 heteroatoms. The van der Waals surface area contributed by atoms with Crippen molar-refractivity contribution in [1.82, 2.24) is 15.2 Å². The van der Waals surface area contributed by atoms with E-state index in [9.17, 15) is 9.90 Å². The molecule has 0 saturated carbocycles. The summed E-state index contributed by atoms with van der Waals surface area (Å²) in [5, 5.41) is 16.4. The number of aromatic nitrogens is 3. The molecule has 0 unspecified atom stereocenters. The number of nitrogens with zero attached hydrogens (tertiary/aromatic N) is 2. The molecule has 1 aromatic carbocycles. The SMILES string of the molecule is O=C([O-])c1nc(-c2ccccc2)n[nH]1.[Li+]. The second-order valence-corrected chi connectivity index (χ2v) is 2.66. The molecule has 1 heterocycles. The van der Waals surface area contributed by atoms with Crippen molar-refractivity contribution in [2.45, 2.75) is 0 Å². The van der Waals surface area contributed by atoms with E-state index in [1.54, 1.807) is 12.1 Å². The van der Waals surface area contributed by atoms with Crippen LogP contribution in [0.1, 0.15) is 10.6 Å². The molecular weight excluding hydrogens is 189 g/mol. The van der Waals surface area contributed by atoms with Gasteiger partial charge in [-0.1, -0.05) is 30.3 Å². The van der Waals surface area contributed by atoms with Gasteiger partial charge >= 0.3 is 18.9 Å². The first-order valence-corrected chi connectivity index (χ1v) is 3.96. The van der Waals surface area contributed by atoms with Crippen molar-refractivity contribution in [2.24, 2.45) is 0 Å². The van der Waals surface area contributed by atoms with Gasteiger partial charge in [0.2, 0.25) is 0 Å². The van der Waals surface area contributed by atoms with Gasteiger partial charge < -0.3 is 9.90 Å². The van der Waals surface area contributed by atoms with Crippen LogP contribution in [-0.4, -0.2) is 21.2 Å². The van der Waals surface area contributed by atoms with Crippen LogP contribution < -0.4 is 24.0 Å². The maximum absolute atomic E-state index is 10.4. The zero-order valence-electron chi connectivity index (χ0n) is 8.10. The van der Waals surface area contributed by atoms with Crippen LogP contribution in [0.2, 0.25) is 0 Å². The second-order valence-electron chi connectivity index (χ2n) is 2.66. The minimum absolute atomic E-state index is 0. The van der Waals surface area contributed by atoms with Crippen molar-refractivity contribution in [3.63, 3.8) is 0 Å². The molecule has 0 aliphatic rings. The number of aromatic carboxylic acids is 1. The number of carbonyl (C=O) groups is 1. The molecule has 0 bridgehead atoms. The number of aromatic amines is 1. The van der Waals surface area contributed by atoms with Gasteiger partial charge in [0.25, 0.3) is 0 Å². The topological polar surface area (TPSA) is 81.7 Å². The molecule has 0 aliphatic carbocycles. The average molecular weight is 195 g/mol. The molecule has 0 atom stereocenters. The van der Waals surface area contributed by atoms with Gasteiger partial charge in [-0.25, -0.2) is 4.98 Å². The Kier molecular flexibility index (Phi) is 3.66. The Hall–Kier alpha value is -1.57. The third kappa shape index (κ3) is 2.46. The van der Waals surface area contributed by atoms with Crippen molar-refractivity contribution in [1.29, 1.82) is 0 Å². The second kappa shape index (κ2) is 4.78. The Labute approximate surface area is 97.7 Å². The molecule has 0 amide bonds.